The van der Waals surface area contributed by atoms with Gasteiger partial charge in [-0.3, -0.25) is 0 Å². The normalized spacial score (nSPS) is 12.8. The average molecular weight is 260 g/mol. The number of rotatable bonds is 1. The molecule has 1 aliphatic rings. The first-order chi connectivity index (χ1) is 9.81. The maximum Gasteiger partial charge on any atom is 0.140 e. The van der Waals surface area contributed by atoms with Crippen molar-refractivity contribution < 1.29 is 0 Å². The highest BCUT2D eigenvalue weighted by Gasteiger charge is 2.18. The van der Waals surface area contributed by atoms with E-state index in [9.17, 15) is 0 Å². The van der Waals surface area contributed by atoms with Crippen LogP contribution in [0.3, 0.4) is 0 Å². The van der Waals surface area contributed by atoms with Crippen LogP contribution in [0.15, 0.2) is 54.7 Å². The highest BCUT2D eigenvalue weighted by atomic mass is 15.1. The lowest BCUT2D eigenvalue weighted by Gasteiger charge is -2.17. The molecule has 3 aromatic rings. The number of imidazole rings is 1. The highest BCUT2D eigenvalue weighted by Crippen LogP contribution is 2.31. The molecular weight excluding hydrogens is 244 g/mol. The Bertz CT molecular complexity index is 766. The van der Waals surface area contributed by atoms with Crippen molar-refractivity contribution in [1.29, 1.82) is 0 Å². The zero-order chi connectivity index (χ0) is 13.5. The molecule has 0 saturated heterocycles. The molecule has 1 aromatic heterocycles. The van der Waals surface area contributed by atoms with Crippen molar-refractivity contribution in [3.8, 4) is 22.6 Å². The quantitative estimate of drug-likeness (QED) is 0.644. The van der Waals surface area contributed by atoms with E-state index in [0.717, 1.165) is 24.5 Å². The third-order valence-corrected chi connectivity index (χ3v) is 4.00. The molecule has 2 nitrogen and oxygen atoms in total. The van der Waals surface area contributed by atoms with Gasteiger partial charge < -0.3 is 4.57 Å². The molecule has 0 radical (unpaired) electrons. The van der Waals surface area contributed by atoms with Gasteiger partial charge in [0.05, 0.1) is 5.69 Å². The molecule has 1 aliphatic heterocycles. The van der Waals surface area contributed by atoms with Crippen molar-refractivity contribution in [3.63, 3.8) is 0 Å². The van der Waals surface area contributed by atoms with Crippen LogP contribution in [0.4, 0.5) is 0 Å². The van der Waals surface area contributed by atoms with Gasteiger partial charge in [0.2, 0.25) is 0 Å². The van der Waals surface area contributed by atoms with Gasteiger partial charge in [-0.15, -0.1) is 0 Å². The molecule has 2 heteroatoms. The summed E-state index contributed by atoms with van der Waals surface area (Å²) in [5.74, 6) is 1.10. The Labute approximate surface area is 118 Å². The van der Waals surface area contributed by atoms with E-state index >= 15 is 0 Å². The van der Waals surface area contributed by atoms with Gasteiger partial charge in [-0.25, -0.2) is 4.98 Å². The number of hydrogen-bond acceptors (Lipinski definition) is 1. The fourth-order valence-electron chi connectivity index (χ4n) is 2.86. The fraction of sp³-hybridized carbons (Fsp3) is 0.167. The van der Waals surface area contributed by atoms with Crippen molar-refractivity contribution in [3.05, 3.63) is 65.9 Å². The molecule has 4 rings (SSSR count). The molecule has 98 valence electrons. The van der Waals surface area contributed by atoms with Gasteiger partial charge >= 0.3 is 0 Å². The Morgan fingerprint density at radius 2 is 1.80 bits per heavy atom. The molecule has 0 amide bonds. The summed E-state index contributed by atoms with van der Waals surface area (Å²) >= 11 is 0. The van der Waals surface area contributed by atoms with Crippen LogP contribution < -0.4 is 0 Å². The molecule has 0 spiro atoms. The summed E-state index contributed by atoms with van der Waals surface area (Å²) in [6.07, 6.45) is 3.27. The van der Waals surface area contributed by atoms with Crippen molar-refractivity contribution in [2.75, 3.05) is 0 Å². The van der Waals surface area contributed by atoms with Crippen LogP contribution in [0.5, 0.6) is 0 Å². The summed E-state index contributed by atoms with van der Waals surface area (Å²) in [4.78, 5) is 4.85. The van der Waals surface area contributed by atoms with Crippen LogP contribution in [0, 0.1) is 6.92 Å². The van der Waals surface area contributed by atoms with E-state index in [-0.39, 0.29) is 0 Å². The van der Waals surface area contributed by atoms with Gasteiger partial charge in [0.25, 0.3) is 0 Å². The topological polar surface area (TPSA) is 17.8 Å². The van der Waals surface area contributed by atoms with Crippen LogP contribution in [0.1, 0.15) is 11.1 Å². The maximum absolute atomic E-state index is 4.85. The first-order valence-corrected chi connectivity index (χ1v) is 7.04. The molecule has 2 aromatic carbocycles. The number of benzene rings is 2. The second kappa shape index (κ2) is 4.34. The summed E-state index contributed by atoms with van der Waals surface area (Å²) in [5, 5.41) is 0. The van der Waals surface area contributed by atoms with Crippen LogP contribution in [-0.2, 0) is 13.0 Å². The Hall–Kier alpha value is -2.35. The monoisotopic (exact) mass is 260 g/mol. The van der Waals surface area contributed by atoms with Crippen LogP contribution in [-0.4, -0.2) is 9.55 Å². The summed E-state index contributed by atoms with van der Waals surface area (Å²) in [7, 11) is 0. The smallest absolute Gasteiger partial charge is 0.140 e. The molecule has 2 heterocycles. The van der Waals surface area contributed by atoms with Crippen LogP contribution in [0.25, 0.3) is 22.6 Å². The van der Waals surface area contributed by atoms with Gasteiger partial charge in [-0.2, -0.15) is 0 Å². The van der Waals surface area contributed by atoms with Crippen molar-refractivity contribution in [2.45, 2.75) is 19.9 Å². The van der Waals surface area contributed by atoms with Gasteiger partial charge in [-0.05, 0) is 18.9 Å². The second-order valence-electron chi connectivity index (χ2n) is 5.42. The van der Waals surface area contributed by atoms with Crippen LogP contribution in [0.2, 0.25) is 0 Å². The van der Waals surface area contributed by atoms with Crippen molar-refractivity contribution in [2.24, 2.45) is 0 Å². The lowest BCUT2D eigenvalue weighted by Crippen LogP contribution is -2.09. The standard InChI is InChI=1S/C18H16N2/c1-13-6-8-15(9-7-13)17-12-20-11-10-14-4-2-3-5-16(14)18(20)19-17/h2-9,12H,10-11H2,1H3. The Morgan fingerprint density at radius 1 is 1.00 bits per heavy atom. The molecule has 0 unspecified atom stereocenters. The van der Waals surface area contributed by atoms with E-state index in [0.29, 0.717) is 0 Å². The van der Waals surface area contributed by atoms with E-state index < -0.39 is 0 Å². The molecule has 0 saturated carbocycles. The number of aryl methyl sites for hydroxylation is 3. The fourth-order valence-corrected chi connectivity index (χ4v) is 2.86. The van der Waals surface area contributed by atoms with E-state index in [1.165, 1.54) is 22.3 Å². The number of hydrogen-bond donors (Lipinski definition) is 0. The second-order valence-corrected chi connectivity index (χ2v) is 5.42. The molecule has 0 N–H and O–H groups in total. The van der Waals surface area contributed by atoms with E-state index in [2.05, 4.69) is 66.2 Å². The lowest BCUT2D eigenvalue weighted by atomic mass is 10.0. The predicted octanol–water partition coefficient (Wildman–Crippen LogP) is 4.08. The van der Waals surface area contributed by atoms with Gasteiger partial charge in [-0.1, -0.05) is 54.1 Å². The van der Waals surface area contributed by atoms with Gasteiger partial charge in [0, 0.05) is 23.9 Å². The number of aromatic nitrogens is 2. The minimum absolute atomic E-state index is 1.02. The molecule has 0 bridgehead atoms. The summed E-state index contributed by atoms with van der Waals surface area (Å²) < 4.78 is 2.28. The molecule has 0 aliphatic carbocycles. The third kappa shape index (κ3) is 1.76. The Morgan fingerprint density at radius 3 is 2.65 bits per heavy atom. The summed E-state index contributed by atoms with van der Waals surface area (Å²) in [6.45, 7) is 3.13. The van der Waals surface area contributed by atoms with E-state index in [1.54, 1.807) is 0 Å². The largest absolute Gasteiger partial charge is 0.330 e. The summed E-state index contributed by atoms with van der Waals surface area (Å²) in [6, 6.07) is 17.2. The van der Waals surface area contributed by atoms with Crippen molar-refractivity contribution in [1.82, 2.24) is 9.55 Å². The van der Waals surface area contributed by atoms with Gasteiger partial charge in [0.15, 0.2) is 0 Å². The minimum Gasteiger partial charge on any atom is -0.330 e. The number of fused-ring (bicyclic) bond motifs is 3. The average Bonchev–Trinajstić information content (AvgIpc) is 2.92. The van der Waals surface area contributed by atoms with Crippen molar-refractivity contribution >= 4 is 0 Å². The zero-order valence-electron chi connectivity index (χ0n) is 11.5. The van der Waals surface area contributed by atoms with Crippen LogP contribution >= 0.6 is 0 Å². The summed E-state index contributed by atoms with van der Waals surface area (Å²) in [5.41, 5.74) is 6.22. The highest BCUT2D eigenvalue weighted by molar-refractivity contribution is 5.68. The zero-order valence-corrected chi connectivity index (χ0v) is 11.5. The maximum atomic E-state index is 4.85. The lowest BCUT2D eigenvalue weighted by molar-refractivity contribution is 0.684. The first-order valence-electron chi connectivity index (χ1n) is 7.04. The minimum atomic E-state index is 1.02. The van der Waals surface area contributed by atoms with E-state index in [1.807, 2.05) is 0 Å². The molecule has 0 fully saturated rings. The SMILES string of the molecule is Cc1ccc(-c2cn3c(n2)-c2ccccc2CC3)cc1. The molecular formula is C18H16N2. The Balaban J connectivity index is 1.84. The Kier molecular flexibility index (Phi) is 2.49. The first kappa shape index (κ1) is 11.5. The number of nitrogens with zero attached hydrogens (tertiary/aromatic N) is 2. The molecule has 20 heavy (non-hydrogen) atoms. The van der Waals surface area contributed by atoms with E-state index in [4.69, 9.17) is 4.98 Å². The van der Waals surface area contributed by atoms with Gasteiger partial charge in [0.1, 0.15) is 5.82 Å². The predicted molar refractivity (Wildman–Crippen MR) is 81.5 cm³/mol. The third-order valence-electron chi connectivity index (χ3n) is 4.00. The molecule has 0 atom stereocenters.